The Morgan fingerprint density at radius 3 is 2.65 bits per heavy atom. The number of ether oxygens (including phenoxy) is 2. The summed E-state index contributed by atoms with van der Waals surface area (Å²) >= 11 is 3.59. The Morgan fingerprint density at radius 2 is 1.88 bits per heavy atom. The molecule has 0 aliphatic carbocycles. The van der Waals surface area contributed by atoms with E-state index in [1.807, 2.05) is 62.4 Å². The number of nitrogens with one attached hydrogen (secondary N) is 1. The summed E-state index contributed by atoms with van der Waals surface area (Å²) in [5, 5.41) is 19.1. The standard InChI is InChI=1S/C27H21BrN4O2/c1-3-33-25-12-20(11-21(15-30)27-31-23-9-8-17(2)10-24(23)32-27)22(28)13-26(25)34-16-19-7-5-4-6-18(19)14-29/h4-13H,3,16H2,1-2H3,(H,31,32)/b21-11-. The van der Waals surface area contributed by atoms with Crippen LogP contribution in [-0.4, -0.2) is 16.6 Å². The van der Waals surface area contributed by atoms with Gasteiger partial charge in [0.05, 0.1) is 34.8 Å². The normalized spacial score (nSPS) is 11.1. The summed E-state index contributed by atoms with van der Waals surface area (Å²) < 4.78 is 12.6. The van der Waals surface area contributed by atoms with Crippen LogP contribution in [0.4, 0.5) is 0 Å². The molecular formula is C27H21BrN4O2. The molecule has 0 bridgehead atoms. The molecule has 0 saturated carbocycles. The van der Waals surface area contributed by atoms with Crippen LogP contribution in [0.5, 0.6) is 11.5 Å². The van der Waals surface area contributed by atoms with Gasteiger partial charge >= 0.3 is 0 Å². The molecule has 1 heterocycles. The van der Waals surface area contributed by atoms with E-state index < -0.39 is 0 Å². The van der Waals surface area contributed by atoms with Gasteiger partial charge in [0, 0.05) is 10.0 Å². The molecule has 3 aromatic carbocycles. The first kappa shape index (κ1) is 23.1. The number of benzene rings is 3. The topological polar surface area (TPSA) is 94.7 Å². The highest BCUT2D eigenvalue weighted by atomic mass is 79.9. The van der Waals surface area contributed by atoms with Gasteiger partial charge in [-0.15, -0.1) is 0 Å². The van der Waals surface area contributed by atoms with Gasteiger partial charge in [-0.3, -0.25) is 0 Å². The van der Waals surface area contributed by atoms with Gasteiger partial charge in [0.2, 0.25) is 0 Å². The van der Waals surface area contributed by atoms with Gasteiger partial charge in [0.25, 0.3) is 0 Å². The number of H-pyrrole nitrogens is 1. The smallest absolute Gasteiger partial charge is 0.162 e. The van der Waals surface area contributed by atoms with E-state index in [1.165, 1.54) is 0 Å². The number of fused-ring (bicyclic) bond motifs is 1. The maximum Gasteiger partial charge on any atom is 0.162 e. The van der Waals surface area contributed by atoms with E-state index in [1.54, 1.807) is 12.1 Å². The summed E-state index contributed by atoms with van der Waals surface area (Å²) in [5.41, 5.74) is 5.30. The molecule has 6 nitrogen and oxygen atoms in total. The van der Waals surface area contributed by atoms with Gasteiger partial charge in [0.15, 0.2) is 11.5 Å². The van der Waals surface area contributed by atoms with E-state index in [-0.39, 0.29) is 6.61 Å². The van der Waals surface area contributed by atoms with E-state index in [2.05, 4.69) is 38.0 Å². The van der Waals surface area contributed by atoms with Gasteiger partial charge < -0.3 is 14.5 Å². The fourth-order valence-corrected chi connectivity index (χ4v) is 3.95. The molecule has 0 fully saturated rings. The molecule has 0 atom stereocenters. The molecule has 4 rings (SSSR count). The van der Waals surface area contributed by atoms with Crippen molar-refractivity contribution in [1.29, 1.82) is 10.5 Å². The monoisotopic (exact) mass is 512 g/mol. The number of halogens is 1. The van der Waals surface area contributed by atoms with Crippen molar-refractivity contribution in [1.82, 2.24) is 9.97 Å². The Bertz CT molecular complexity index is 1470. The van der Waals surface area contributed by atoms with E-state index in [4.69, 9.17) is 9.47 Å². The first-order chi connectivity index (χ1) is 16.5. The van der Waals surface area contributed by atoms with Crippen LogP contribution >= 0.6 is 15.9 Å². The van der Waals surface area contributed by atoms with Crippen molar-refractivity contribution in [2.75, 3.05) is 6.61 Å². The molecular weight excluding hydrogens is 492 g/mol. The van der Waals surface area contributed by atoms with Crippen molar-refractivity contribution in [2.24, 2.45) is 0 Å². The number of aromatic nitrogens is 2. The Morgan fingerprint density at radius 1 is 1.09 bits per heavy atom. The van der Waals surface area contributed by atoms with Crippen molar-refractivity contribution in [3.05, 3.63) is 87.1 Å². The molecule has 7 heteroatoms. The van der Waals surface area contributed by atoms with Crippen LogP contribution < -0.4 is 9.47 Å². The zero-order chi connectivity index (χ0) is 24.1. The summed E-state index contributed by atoms with van der Waals surface area (Å²) in [7, 11) is 0. The van der Waals surface area contributed by atoms with Crippen molar-refractivity contribution in [3.8, 4) is 23.6 Å². The number of nitriles is 2. The van der Waals surface area contributed by atoms with E-state index in [9.17, 15) is 10.5 Å². The minimum absolute atomic E-state index is 0.229. The third-order valence-corrected chi connectivity index (χ3v) is 5.88. The summed E-state index contributed by atoms with van der Waals surface area (Å²) in [6.45, 7) is 4.58. The lowest BCUT2D eigenvalue weighted by Crippen LogP contribution is -2.02. The second-order valence-electron chi connectivity index (χ2n) is 7.59. The van der Waals surface area contributed by atoms with Crippen molar-refractivity contribution in [3.63, 3.8) is 0 Å². The molecule has 0 unspecified atom stereocenters. The van der Waals surface area contributed by atoms with Crippen LogP contribution in [0.1, 0.15) is 35.0 Å². The molecule has 1 aromatic heterocycles. The lowest BCUT2D eigenvalue weighted by molar-refractivity contribution is 0.269. The van der Waals surface area contributed by atoms with Crippen LogP contribution in [0.25, 0.3) is 22.7 Å². The molecule has 4 aromatic rings. The minimum Gasteiger partial charge on any atom is -0.490 e. The highest BCUT2D eigenvalue weighted by molar-refractivity contribution is 9.10. The second-order valence-corrected chi connectivity index (χ2v) is 8.44. The first-order valence-electron chi connectivity index (χ1n) is 10.7. The van der Waals surface area contributed by atoms with Crippen LogP contribution in [0.15, 0.2) is 59.1 Å². The molecule has 168 valence electrons. The third kappa shape index (κ3) is 4.96. The lowest BCUT2D eigenvalue weighted by Gasteiger charge is -2.14. The lowest BCUT2D eigenvalue weighted by atomic mass is 10.1. The Kier molecular flexibility index (Phi) is 6.96. The second kappa shape index (κ2) is 10.2. The fourth-order valence-electron chi connectivity index (χ4n) is 3.51. The van der Waals surface area contributed by atoms with Crippen molar-refractivity contribution in [2.45, 2.75) is 20.5 Å². The van der Waals surface area contributed by atoms with Crippen molar-refractivity contribution < 1.29 is 9.47 Å². The Hall–Kier alpha value is -4.07. The van der Waals surface area contributed by atoms with Crippen LogP contribution in [0, 0.1) is 29.6 Å². The van der Waals surface area contributed by atoms with Gasteiger partial charge in [-0.2, -0.15) is 10.5 Å². The van der Waals surface area contributed by atoms with Crippen LogP contribution in [-0.2, 0) is 6.61 Å². The molecule has 0 aliphatic heterocycles. The summed E-state index contributed by atoms with van der Waals surface area (Å²) in [5.74, 6) is 1.58. The number of aryl methyl sites for hydroxylation is 1. The van der Waals surface area contributed by atoms with Gasteiger partial charge in [0.1, 0.15) is 18.5 Å². The molecule has 34 heavy (non-hydrogen) atoms. The predicted molar refractivity (Wildman–Crippen MR) is 135 cm³/mol. The number of nitrogens with zero attached hydrogens (tertiary/aromatic N) is 3. The first-order valence-corrected chi connectivity index (χ1v) is 11.5. The average Bonchev–Trinajstić information content (AvgIpc) is 3.26. The quantitative estimate of drug-likeness (QED) is 0.283. The predicted octanol–water partition coefficient (Wildman–Crippen LogP) is 6.55. The van der Waals surface area contributed by atoms with E-state index in [0.29, 0.717) is 35.1 Å². The molecule has 0 saturated heterocycles. The molecule has 0 amide bonds. The Balaban J connectivity index is 1.67. The minimum atomic E-state index is 0.229. The van der Waals surface area contributed by atoms with E-state index >= 15 is 0 Å². The molecule has 0 spiro atoms. The maximum absolute atomic E-state index is 9.82. The third-order valence-electron chi connectivity index (χ3n) is 5.20. The zero-order valence-electron chi connectivity index (χ0n) is 18.7. The highest BCUT2D eigenvalue weighted by Crippen LogP contribution is 2.36. The largest absolute Gasteiger partial charge is 0.490 e. The average molecular weight is 513 g/mol. The SMILES string of the molecule is CCOc1cc(/C=C(/C#N)c2nc3ccc(C)cc3[nH]2)c(Br)cc1OCc1ccccc1C#N. The number of hydrogen-bond donors (Lipinski definition) is 1. The Labute approximate surface area is 206 Å². The van der Waals surface area contributed by atoms with Crippen molar-refractivity contribution >= 4 is 38.6 Å². The van der Waals surface area contributed by atoms with Gasteiger partial charge in [-0.25, -0.2) is 4.98 Å². The molecule has 0 aliphatic rings. The number of allylic oxidation sites excluding steroid dienone is 1. The molecule has 1 N–H and O–H groups in total. The summed E-state index contributed by atoms with van der Waals surface area (Å²) in [4.78, 5) is 7.79. The fraction of sp³-hybridized carbons (Fsp3) is 0.148. The molecule has 0 radical (unpaired) electrons. The summed E-state index contributed by atoms with van der Waals surface area (Å²) in [6, 6.07) is 21.3. The maximum atomic E-state index is 9.82. The van der Waals surface area contributed by atoms with Gasteiger partial charge in [-0.05, 0) is 61.4 Å². The number of aromatic amines is 1. The number of rotatable bonds is 7. The van der Waals surface area contributed by atoms with E-state index in [0.717, 1.165) is 32.2 Å². The number of imidazole rings is 1. The zero-order valence-corrected chi connectivity index (χ0v) is 20.3. The number of hydrogen-bond acceptors (Lipinski definition) is 5. The summed E-state index contributed by atoms with van der Waals surface area (Å²) in [6.07, 6.45) is 1.76. The van der Waals surface area contributed by atoms with Crippen LogP contribution in [0.3, 0.4) is 0 Å². The van der Waals surface area contributed by atoms with Crippen LogP contribution in [0.2, 0.25) is 0 Å². The van der Waals surface area contributed by atoms with Gasteiger partial charge in [-0.1, -0.05) is 40.2 Å². The highest BCUT2D eigenvalue weighted by Gasteiger charge is 2.14.